The maximum Gasteiger partial charge on any atom is 0.229 e. The molecule has 158 valence electrons. The van der Waals surface area contributed by atoms with Gasteiger partial charge in [0.2, 0.25) is 11.8 Å². The van der Waals surface area contributed by atoms with Crippen molar-refractivity contribution in [1.82, 2.24) is 0 Å². The zero-order valence-corrected chi connectivity index (χ0v) is 18.4. The van der Waals surface area contributed by atoms with Gasteiger partial charge in [-0.2, -0.15) is 0 Å². The van der Waals surface area contributed by atoms with Crippen LogP contribution in [0.15, 0.2) is 66.7 Å². The number of amides is 2. The number of anilines is 2. The lowest BCUT2D eigenvalue weighted by atomic mass is 10.1. The lowest BCUT2D eigenvalue weighted by Gasteiger charge is -2.17. The summed E-state index contributed by atoms with van der Waals surface area (Å²) >= 11 is 17.9. The smallest absolute Gasteiger partial charge is 0.229 e. The quantitative estimate of drug-likeness (QED) is 0.462. The number of carbonyl (C=O) groups excluding carboxylic acids is 2. The molecule has 0 aliphatic carbocycles. The molecule has 0 unspecified atom stereocenters. The Kier molecular flexibility index (Phi) is 6.37. The van der Waals surface area contributed by atoms with Crippen LogP contribution in [0.1, 0.15) is 6.42 Å². The van der Waals surface area contributed by atoms with Crippen LogP contribution in [-0.4, -0.2) is 18.4 Å². The molecule has 8 heteroatoms. The van der Waals surface area contributed by atoms with E-state index in [2.05, 4.69) is 5.32 Å². The summed E-state index contributed by atoms with van der Waals surface area (Å²) in [5.74, 6) is 0.305. The van der Waals surface area contributed by atoms with Gasteiger partial charge in [0, 0.05) is 34.4 Å². The lowest BCUT2D eigenvalue weighted by Crippen LogP contribution is -2.28. The van der Waals surface area contributed by atoms with E-state index in [1.54, 1.807) is 71.6 Å². The van der Waals surface area contributed by atoms with Gasteiger partial charge in [-0.05, 0) is 66.7 Å². The fourth-order valence-electron chi connectivity index (χ4n) is 3.29. The summed E-state index contributed by atoms with van der Waals surface area (Å²) in [4.78, 5) is 26.6. The second-order valence-corrected chi connectivity index (χ2v) is 8.35. The van der Waals surface area contributed by atoms with Crippen LogP contribution in [-0.2, 0) is 9.59 Å². The van der Waals surface area contributed by atoms with E-state index in [0.29, 0.717) is 38.8 Å². The molecule has 4 rings (SSSR count). The molecular weight excluding hydrogens is 459 g/mol. The molecule has 0 radical (unpaired) electrons. The molecule has 2 amide bonds. The van der Waals surface area contributed by atoms with Gasteiger partial charge in [0.05, 0.1) is 10.9 Å². The molecule has 0 spiro atoms. The summed E-state index contributed by atoms with van der Waals surface area (Å²) in [6.07, 6.45) is 0.157. The predicted molar refractivity (Wildman–Crippen MR) is 124 cm³/mol. The van der Waals surface area contributed by atoms with Crippen LogP contribution in [0.3, 0.4) is 0 Å². The van der Waals surface area contributed by atoms with Crippen LogP contribution in [0, 0.1) is 5.92 Å². The third-order valence-corrected chi connectivity index (χ3v) is 5.66. The zero-order chi connectivity index (χ0) is 22.0. The van der Waals surface area contributed by atoms with Gasteiger partial charge in [-0.15, -0.1) is 0 Å². The Balaban J connectivity index is 1.37. The van der Waals surface area contributed by atoms with Gasteiger partial charge in [-0.1, -0.05) is 34.8 Å². The minimum absolute atomic E-state index is 0.0916. The Morgan fingerprint density at radius 3 is 2.29 bits per heavy atom. The van der Waals surface area contributed by atoms with E-state index in [9.17, 15) is 9.59 Å². The van der Waals surface area contributed by atoms with E-state index in [4.69, 9.17) is 39.5 Å². The molecule has 3 aromatic carbocycles. The first-order valence-corrected chi connectivity index (χ1v) is 10.6. The van der Waals surface area contributed by atoms with E-state index in [0.717, 1.165) is 5.69 Å². The molecule has 31 heavy (non-hydrogen) atoms. The highest BCUT2D eigenvalue weighted by atomic mass is 35.5. The molecule has 1 atom stereocenters. The second kappa shape index (κ2) is 9.18. The Morgan fingerprint density at radius 2 is 1.61 bits per heavy atom. The third-order valence-electron chi connectivity index (χ3n) is 4.88. The predicted octanol–water partition coefficient (Wildman–Crippen LogP) is 6.43. The minimum Gasteiger partial charge on any atom is -0.456 e. The molecule has 0 saturated carbocycles. The van der Waals surface area contributed by atoms with E-state index < -0.39 is 5.92 Å². The Morgan fingerprint density at radius 1 is 0.935 bits per heavy atom. The van der Waals surface area contributed by atoms with Crippen molar-refractivity contribution in [3.8, 4) is 11.5 Å². The average molecular weight is 476 g/mol. The first kappa shape index (κ1) is 21.5. The van der Waals surface area contributed by atoms with Crippen LogP contribution in [0.25, 0.3) is 0 Å². The van der Waals surface area contributed by atoms with Crippen molar-refractivity contribution in [2.45, 2.75) is 6.42 Å². The Labute approximate surface area is 194 Å². The number of hydrogen-bond acceptors (Lipinski definition) is 3. The van der Waals surface area contributed by atoms with Gasteiger partial charge < -0.3 is 15.0 Å². The standard InChI is InChI=1S/C23H17Cl3N2O3/c24-15-1-6-18(7-2-15)28-13-14(11-22(28)29)23(30)27-17-4-8-19(9-5-17)31-21-10-3-16(25)12-20(21)26/h1-10,12,14H,11,13H2,(H,27,30)/t14-/m1/s1. The number of carbonyl (C=O) groups is 2. The van der Waals surface area contributed by atoms with Crippen LogP contribution in [0.4, 0.5) is 11.4 Å². The number of hydrogen-bond donors (Lipinski definition) is 1. The zero-order valence-electron chi connectivity index (χ0n) is 16.1. The second-order valence-electron chi connectivity index (χ2n) is 7.07. The lowest BCUT2D eigenvalue weighted by molar-refractivity contribution is -0.122. The normalized spacial score (nSPS) is 15.8. The van der Waals surface area contributed by atoms with E-state index in [1.807, 2.05) is 0 Å². The van der Waals surface area contributed by atoms with E-state index in [-0.39, 0.29) is 18.2 Å². The number of benzene rings is 3. The molecule has 1 N–H and O–H groups in total. The van der Waals surface area contributed by atoms with Gasteiger partial charge in [-0.3, -0.25) is 9.59 Å². The Hall–Kier alpha value is -2.73. The third kappa shape index (κ3) is 5.13. The van der Waals surface area contributed by atoms with Crippen molar-refractivity contribution in [3.05, 3.63) is 81.8 Å². The van der Waals surface area contributed by atoms with Gasteiger partial charge in [0.1, 0.15) is 11.5 Å². The summed E-state index contributed by atoms with van der Waals surface area (Å²) < 4.78 is 5.75. The Bertz CT molecular complexity index is 1120. The highest BCUT2D eigenvalue weighted by Gasteiger charge is 2.35. The summed E-state index contributed by atoms with van der Waals surface area (Å²) in [6, 6.07) is 18.9. The SMILES string of the molecule is O=C(Nc1ccc(Oc2ccc(Cl)cc2Cl)cc1)[C@@H]1CC(=O)N(c2ccc(Cl)cc2)C1. The van der Waals surface area contributed by atoms with Crippen LogP contribution in [0.5, 0.6) is 11.5 Å². The molecule has 1 aliphatic rings. The fourth-order valence-corrected chi connectivity index (χ4v) is 3.86. The topological polar surface area (TPSA) is 58.6 Å². The van der Waals surface area contributed by atoms with E-state index >= 15 is 0 Å². The summed E-state index contributed by atoms with van der Waals surface area (Å²) in [6.45, 7) is 0.322. The van der Waals surface area contributed by atoms with Crippen molar-refractivity contribution >= 4 is 58.0 Å². The number of nitrogens with one attached hydrogen (secondary N) is 1. The van der Waals surface area contributed by atoms with Crippen molar-refractivity contribution in [1.29, 1.82) is 0 Å². The molecular formula is C23H17Cl3N2O3. The maximum absolute atomic E-state index is 12.7. The molecule has 1 aliphatic heterocycles. The molecule has 0 bridgehead atoms. The molecule has 0 aromatic heterocycles. The molecule has 3 aromatic rings. The number of halogens is 3. The molecule has 1 fully saturated rings. The van der Waals surface area contributed by atoms with Gasteiger partial charge >= 0.3 is 0 Å². The van der Waals surface area contributed by atoms with Gasteiger partial charge in [0.25, 0.3) is 0 Å². The first-order chi connectivity index (χ1) is 14.9. The highest BCUT2D eigenvalue weighted by Crippen LogP contribution is 2.32. The largest absolute Gasteiger partial charge is 0.456 e. The molecule has 1 heterocycles. The number of nitrogens with zero attached hydrogens (tertiary/aromatic N) is 1. The van der Waals surface area contributed by atoms with Gasteiger partial charge in [0.15, 0.2) is 0 Å². The molecule has 5 nitrogen and oxygen atoms in total. The van der Waals surface area contributed by atoms with E-state index in [1.165, 1.54) is 0 Å². The van der Waals surface area contributed by atoms with Crippen molar-refractivity contribution in [2.24, 2.45) is 5.92 Å². The van der Waals surface area contributed by atoms with Crippen LogP contribution < -0.4 is 15.0 Å². The summed E-state index contributed by atoms with van der Waals surface area (Å²) in [7, 11) is 0. The van der Waals surface area contributed by atoms with Crippen molar-refractivity contribution in [3.63, 3.8) is 0 Å². The summed E-state index contributed by atoms with van der Waals surface area (Å²) in [5.41, 5.74) is 1.34. The molecule has 1 saturated heterocycles. The number of ether oxygens (including phenoxy) is 1. The number of rotatable bonds is 5. The van der Waals surface area contributed by atoms with Crippen molar-refractivity contribution < 1.29 is 14.3 Å². The highest BCUT2D eigenvalue weighted by molar-refractivity contribution is 6.35. The monoisotopic (exact) mass is 474 g/mol. The van der Waals surface area contributed by atoms with Crippen molar-refractivity contribution in [2.75, 3.05) is 16.8 Å². The fraction of sp³-hybridized carbons (Fsp3) is 0.130. The first-order valence-electron chi connectivity index (χ1n) is 9.49. The van der Waals surface area contributed by atoms with Gasteiger partial charge in [-0.25, -0.2) is 0 Å². The summed E-state index contributed by atoms with van der Waals surface area (Å²) in [5, 5.41) is 4.38. The average Bonchev–Trinajstić information content (AvgIpc) is 3.14. The maximum atomic E-state index is 12.7. The van der Waals surface area contributed by atoms with Crippen LogP contribution in [0.2, 0.25) is 15.1 Å². The minimum atomic E-state index is -0.438. The van der Waals surface area contributed by atoms with Crippen LogP contribution >= 0.6 is 34.8 Å².